The van der Waals surface area contributed by atoms with Crippen molar-refractivity contribution in [1.29, 1.82) is 0 Å². The summed E-state index contributed by atoms with van der Waals surface area (Å²) in [7, 11) is 0. The molecule has 1 amide bonds. The van der Waals surface area contributed by atoms with Crippen LogP contribution in [0.3, 0.4) is 0 Å². The van der Waals surface area contributed by atoms with Crippen molar-refractivity contribution in [2.24, 2.45) is 0 Å². The number of anilines is 1. The fraction of sp³-hybridized carbons (Fsp3) is 0.300. The zero-order valence-corrected chi connectivity index (χ0v) is 17.3. The highest BCUT2D eigenvalue weighted by molar-refractivity contribution is 7.98. The molecule has 2 aromatic rings. The number of benzene rings is 2. The zero-order chi connectivity index (χ0) is 24.3. The van der Waals surface area contributed by atoms with Gasteiger partial charge in [0.25, 0.3) is 5.91 Å². The van der Waals surface area contributed by atoms with E-state index in [4.69, 9.17) is 0 Å². The maximum absolute atomic E-state index is 14.4. The molecule has 0 saturated heterocycles. The summed E-state index contributed by atoms with van der Waals surface area (Å²) < 4.78 is 97.7. The molecule has 0 unspecified atom stereocenters. The Hall–Kier alpha value is -2.76. The molecule has 1 N–H and O–H groups in total. The van der Waals surface area contributed by atoms with Gasteiger partial charge in [-0.15, -0.1) is 11.8 Å². The summed E-state index contributed by atoms with van der Waals surface area (Å²) in [5, 5.41) is 2.26. The third-order valence-electron chi connectivity index (χ3n) is 4.29. The highest BCUT2D eigenvalue weighted by Gasteiger charge is 2.73. The molecule has 0 spiro atoms. The largest absolute Gasteiger partial charge is 0.462 e. The predicted molar refractivity (Wildman–Crippen MR) is 103 cm³/mol. The van der Waals surface area contributed by atoms with Gasteiger partial charge in [0.15, 0.2) is 0 Å². The van der Waals surface area contributed by atoms with Gasteiger partial charge < -0.3 is 10.1 Å². The van der Waals surface area contributed by atoms with Crippen LogP contribution in [0.15, 0.2) is 47.4 Å². The Balaban J connectivity index is 2.61. The Morgan fingerprint density at radius 3 is 2.06 bits per heavy atom. The van der Waals surface area contributed by atoms with E-state index in [1.807, 2.05) is 0 Å². The molecule has 0 fully saturated rings. The highest BCUT2D eigenvalue weighted by atomic mass is 32.2. The van der Waals surface area contributed by atoms with Crippen molar-refractivity contribution < 1.29 is 45.1 Å². The SMILES string of the molecule is CCOC(=O)c1cc(C(F)(C(F)(F)F)C(F)(F)F)ccc1NC(=O)c1ccccc1SC. The van der Waals surface area contributed by atoms with Gasteiger partial charge in [-0.25, -0.2) is 9.18 Å². The number of ether oxygens (including phenoxy) is 1. The minimum atomic E-state index is -6.36. The van der Waals surface area contributed by atoms with Crippen LogP contribution in [0.2, 0.25) is 0 Å². The number of halogens is 7. The van der Waals surface area contributed by atoms with Crippen LogP contribution >= 0.6 is 11.8 Å². The van der Waals surface area contributed by atoms with Crippen LogP contribution in [0.25, 0.3) is 0 Å². The summed E-state index contributed by atoms with van der Waals surface area (Å²) in [5.41, 5.74) is -8.78. The van der Waals surface area contributed by atoms with Crippen LogP contribution in [-0.4, -0.2) is 37.1 Å². The van der Waals surface area contributed by atoms with Crippen molar-refractivity contribution in [3.8, 4) is 0 Å². The molecule has 0 aliphatic rings. The molecule has 0 saturated carbocycles. The first-order chi connectivity index (χ1) is 14.8. The number of hydrogen-bond donors (Lipinski definition) is 1. The molecule has 0 heterocycles. The number of nitrogens with one attached hydrogen (secondary N) is 1. The number of carbonyl (C=O) groups excluding carboxylic acids is 2. The van der Waals surface area contributed by atoms with E-state index in [0.29, 0.717) is 11.0 Å². The Bertz CT molecular complexity index is 991. The summed E-state index contributed by atoms with van der Waals surface area (Å²) in [6, 6.07) is 7.10. The number of hydrogen-bond acceptors (Lipinski definition) is 4. The Kier molecular flexibility index (Phi) is 7.48. The second kappa shape index (κ2) is 9.39. The van der Waals surface area contributed by atoms with Crippen molar-refractivity contribution in [3.05, 3.63) is 59.2 Å². The standard InChI is InChI=1S/C20H16F7NO3S/c1-3-31-17(30)13-10-11(18(21,19(22,23)24)20(25,26)27)8-9-14(13)28-16(29)12-6-4-5-7-15(12)32-2/h4-10H,3H2,1-2H3,(H,28,29). The van der Waals surface area contributed by atoms with Crippen molar-refractivity contribution in [2.75, 3.05) is 18.2 Å². The minimum absolute atomic E-state index is 0.0784. The van der Waals surface area contributed by atoms with Crippen molar-refractivity contribution >= 4 is 29.3 Å². The van der Waals surface area contributed by atoms with Crippen LogP contribution in [-0.2, 0) is 10.4 Å². The van der Waals surface area contributed by atoms with Gasteiger partial charge in [-0.3, -0.25) is 4.79 Å². The lowest BCUT2D eigenvalue weighted by Gasteiger charge is -2.30. The van der Waals surface area contributed by atoms with Gasteiger partial charge in [0.1, 0.15) is 0 Å². The molecule has 0 aliphatic heterocycles. The van der Waals surface area contributed by atoms with E-state index in [2.05, 4.69) is 10.1 Å². The van der Waals surface area contributed by atoms with E-state index < -0.39 is 46.7 Å². The second-order valence-corrected chi connectivity index (χ2v) is 7.14. The summed E-state index contributed by atoms with van der Waals surface area (Å²) >= 11 is 1.21. The zero-order valence-electron chi connectivity index (χ0n) is 16.5. The fourth-order valence-corrected chi connectivity index (χ4v) is 3.35. The quantitative estimate of drug-likeness (QED) is 0.305. The first-order valence-corrected chi connectivity index (χ1v) is 10.1. The van der Waals surface area contributed by atoms with Crippen molar-refractivity contribution in [1.82, 2.24) is 0 Å². The lowest BCUT2D eigenvalue weighted by Crippen LogP contribution is -2.50. The van der Waals surface area contributed by atoms with Crippen LogP contribution in [0, 0.1) is 0 Å². The average Bonchev–Trinajstić information content (AvgIpc) is 2.71. The number of amides is 1. The topological polar surface area (TPSA) is 55.4 Å². The lowest BCUT2D eigenvalue weighted by atomic mass is 9.92. The van der Waals surface area contributed by atoms with E-state index in [0.717, 1.165) is 0 Å². The van der Waals surface area contributed by atoms with Gasteiger partial charge in [0, 0.05) is 10.5 Å². The van der Waals surface area contributed by atoms with Gasteiger partial charge in [-0.2, -0.15) is 26.3 Å². The monoisotopic (exact) mass is 483 g/mol. The van der Waals surface area contributed by atoms with E-state index in [1.165, 1.54) is 30.8 Å². The maximum atomic E-state index is 14.4. The Labute approximate surface area is 182 Å². The molecule has 0 aliphatic carbocycles. The van der Waals surface area contributed by atoms with Gasteiger partial charge in [0.05, 0.1) is 23.4 Å². The molecule has 32 heavy (non-hydrogen) atoms. The molecule has 174 valence electrons. The molecule has 4 nitrogen and oxygen atoms in total. The normalized spacial score (nSPS) is 12.4. The molecule has 0 bridgehead atoms. The lowest BCUT2D eigenvalue weighted by molar-refractivity contribution is -0.348. The van der Waals surface area contributed by atoms with Gasteiger partial charge in [-0.1, -0.05) is 18.2 Å². The third-order valence-corrected chi connectivity index (χ3v) is 5.09. The van der Waals surface area contributed by atoms with Crippen molar-refractivity contribution in [2.45, 2.75) is 29.8 Å². The minimum Gasteiger partial charge on any atom is -0.462 e. The smallest absolute Gasteiger partial charge is 0.435 e. The molecule has 0 atom stereocenters. The molecular weight excluding hydrogens is 467 g/mol. The number of rotatable bonds is 6. The average molecular weight is 483 g/mol. The van der Waals surface area contributed by atoms with E-state index >= 15 is 0 Å². The number of esters is 1. The van der Waals surface area contributed by atoms with Gasteiger partial charge in [0.2, 0.25) is 0 Å². The first kappa shape index (κ1) is 25.5. The first-order valence-electron chi connectivity index (χ1n) is 8.86. The summed E-state index contributed by atoms with van der Waals surface area (Å²) in [6.07, 6.45) is -11.0. The summed E-state index contributed by atoms with van der Waals surface area (Å²) in [5.74, 6) is -2.12. The van der Waals surface area contributed by atoms with Gasteiger partial charge >= 0.3 is 24.0 Å². The molecule has 2 aromatic carbocycles. The maximum Gasteiger partial charge on any atom is 0.435 e. The molecule has 0 radical (unpaired) electrons. The Morgan fingerprint density at radius 1 is 0.938 bits per heavy atom. The van der Waals surface area contributed by atoms with Gasteiger partial charge in [-0.05, 0) is 37.4 Å². The summed E-state index contributed by atoms with van der Waals surface area (Å²) in [4.78, 5) is 25.4. The molecule has 12 heteroatoms. The van der Waals surface area contributed by atoms with Crippen LogP contribution < -0.4 is 5.32 Å². The van der Waals surface area contributed by atoms with Crippen molar-refractivity contribution in [3.63, 3.8) is 0 Å². The Morgan fingerprint density at radius 2 is 1.53 bits per heavy atom. The molecular formula is C20H16F7NO3S. The molecule has 0 aromatic heterocycles. The van der Waals surface area contributed by atoms with Crippen LogP contribution in [0.5, 0.6) is 0 Å². The highest BCUT2D eigenvalue weighted by Crippen LogP contribution is 2.53. The fourth-order valence-electron chi connectivity index (χ4n) is 2.76. The van der Waals surface area contributed by atoms with E-state index in [1.54, 1.807) is 18.4 Å². The van der Waals surface area contributed by atoms with Crippen LogP contribution in [0.4, 0.5) is 36.4 Å². The number of thioether (sulfide) groups is 1. The third kappa shape index (κ3) is 4.84. The predicted octanol–water partition coefficient (Wildman–Crippen LogP) is 6.13. The second-order valence-electron chi connectivity index (χ2n) is 6.29. The van der Waals surface area contributed by atoms with E-state index in [9.17, 15) is 40.3 Å². The molecule has 2 rings (SSSR count). The van der Waals surface area contributed by atoms with Crippen LogP contribution in [0.1, 0.15) is 33.2 Å². The number of carbonyl (C=O) groups is 2. The number of alkyl halides is 7. The summed E-state index contributed by atoms with van der Waals surface area (Å²) in [6.45, 7) is 1.07. The van der Waals surface area contributed by atoms with E-state index in [-0.39, 0.29) is 24.3 Å².